The van der Waals surface area contributed by atoms with Gasteiger partial charge in [0.1, 0.15) is 5.69 Å². The molecule has 2 aromatic rings. The molecule has 0 bridgehead atoms. The van der Waals surface area contributed by atoms with Crippen LogP contribution in [0.3, 0.4) is 0 Å². The number of para-hydroxylation sites is 2. The van der Waals surface area contributed by atoms with Crippen LogP contribution in [0.5, 0.6) is 0 Å². The molecule has 1 aliphatic carbocycles. The van der Waals surface area contributed by atoms with Crippen molar-refractivity contribution in [3.8, 4) is 6.07 Å². The van der Waals surface area contributed by atoms with Crippen molar-refractivity contribution in [1.82, 2.24) is 15.3 Å². The van der Waals surface area contributed by atoms with Gasteiger partial charge in [0.15, 0.2) is 11.7 Å². The molecule has 1 aromatic carbocycles. The monoisotopic (exact) mass is 420 g/mol. The minimum atomic E-state index is -1.04. The van der Waals surface area contributed by atoms with E-state index in [4.69, 9.17) is 15.7 Å². The van der Waals surface area contributed by atoms with Gasteiger partial charge in [0, 0.05) is 25.0 Å². The molecule has 1 aliphatic heterocycles. The average Bonchev–Trinajstić information content (AvgIpc) is 2.80. The first-order chi connectivity index (χ1) is 15.1. The number of nitrogens with zero attached hydrogens (tertiary/aromatic N) is 4. The maximum Gasteiger partial charge on any atom is 0.243 e. The van der Waals surface area contributed by atoms with Crippen LogP contribution < -0.4 is 16.0 Å². The van der Waals surface area contributed by atoms with Crippen molar-refractivity contribution >= 4 is 28.7 Å². The van der Waals surface area contributed by atoms with Crippen molar-refractivity contribution in [3.05, 3.63) is 30.0 Å². The maximum atomic E-state index is 13.1. The predicted octanol–water partition coefficient (Wildman–Crippen LogP) is 2.39. The van der Waals surface area contributed by atoms with E-state index in [2.05, 4.69) is 11.4 Å². The van der Waals surface area contributed by atoms with E-state index in [-0.39, 0.29) is 23.8 Å². The van der Waals surface area contributed by atoms with Crippen LogP contribution in [-0.4, -0.2) is 40.9 Å². The SMILES string of the molecule is N#C[C@H](C(=O)NC1CCCCC1)c1nc2ccccc2nc1N1CCC(C(N)=O)CC1. The van der Waals surface area contributed by atoms with Crippen molar-refractivity contribution in [3.63, 3.8) is 0 Å². The molecular weight excluding hydrogens is 392 g/mol. The topological polar surface area (TPSA) is 125 Å². The lowest BCUT2D eigenvalue weighted by atomic mass is 9.94. The van der Waals surface area contributed by atoms with E-state index in [1.165, 1.54) is 6.42 Å². The van der Waals surface area contributed by atoms with Crippen LogP contribution in [0.4, 0.5) is 5.82 Å². The van der Waals surface area contributed by atoms with Crippen LogP contribution in [0.2, 0.25) is 0 Å². The fraction of sp³-hybridized carbons (Fsp3) is 0.522. The lowest BCUT2D eigenvalue weighted by Crippen LogP contribution is -2.41. The van der Waals surface area contributed by atoms with Gasteiger partial charge < -0.3 is 16.0 Å². The van der Waals surface area contributed by atoms with Crippen molar-refractivity contribution in [2.75, 3.05) is 18.0 Å². The number of carbonyl (C=O) groups excluding carboxylic acids is 2. The highest BCUT2D eigenvalue weighted by atomic mass is 16.2. The van der Waals surface area contributed by atoms with Gasteiger partial charge in [-0.25, -0.2) is 9.97 Å². The third-order valence-corrected chi connectivity index (χ3v) is 6.39. The Kier molecular flexibility index (Phi) is 6.31. The third kappa shape index (κ3) is 4.61. The number of fused-ring (bicyclic) bond motifs is 1. The molecule has 8 nitrogen and oxygen atoms in total. The maximum absolute atomic E-state index is 13.1. The smallest absolute Gasteiger partial charge is 0.243 e. The molecule has 2 aliphatic rings. The number of nitriles is 1. The second-order valence-corrected chi connectivity index (χ2v) is 8.49. The van der Waals surface area contributed by atoms with Crippen LogP contribution in [0.1, 0.15) is 56.6 Å². The van der Waals surface area contributed by atoms with Gasteiger partial charge >= 0.3 is 0 Å². The van der Waals surface area contributed by atoms with Gasteiger partial charge in [0.2, 0.25) is 11.8 Å². The number of rotatable bonds is 5. The van der Waals surface area contributed by atoms with Gasteiger partial charge in [0.05, 0.1) is 17.1 Å². The van der Waals surface area contributed by atoms with Crippen LogP contribution >= 0.6 is 0 Å². The van der Waals surface area contributed by atoms with Gasteiger partial charge in [-0.1, -0.05) is 31.4 Å². The number of hydrogen-bond acceptors (Lipinski definition) is 6. The van der Waals surface area contributed by atoms with Crippen LogP contribution in [0.15, 0.2) is 24.3 Å². The summed E-state index contributed by atoms with van der Waals surface area (Å²) in [5.74, 6) is -1.25. The van der Waals surface area contributed by atoms with E-state index in [1.807, 2.05) is 29.2 Å². The molecule has 2 fully saturated rings. The lowest BCUT2D eigenvalue weighted by molar-refractivity contribution is -0.123. The first kappa shape index (κ1) is 21.0. The summed E-state index contributed by atoms with van der Waals surface area (Å²) in [6.07, 6.45) is 6.51. The molecule has 4 rings (SSSR count). The average molecular weight is 421 g/mol. The van der Waals surface area contributed by atoms with Crippen LogP contribution in [0, 0.1) is 17.2 Å². The summed E-state index contributed by atoms with van der Waals surface area (Å²) >= 11 is 0. The Hall–Kier alpha value is -3.21. The van der Waals surface area contributed by atoms with Gasteiger partial charge in [-0.15, -0.1) is 0 Å². The van der Waals surface area contributed by atoms with E-state index in [0.29, 0.717) is 48.5 Å². The summed E-state index contributed by atoms with van der Waals surface area (Å²) < 4.78 is 0. The minimum Gasteiger partial charge on any atom is -0.369 e. The van der Waals surface area contributed by atoms with Crippen molar-refractivity contribution in [1.29, 1.82) is 5.26 Å². The lowest BCUT2D eigenvalue weighted by Gasteiger charge is -2.33. The van der Waals surface area contributed by atoms with Gasteiger partial charge in [-0.2, -0.15) is 5.26 Å². The number of primary amides is 1. The second kappa shape index (κ2) is 9.29. The minimum absolute atomic E-state index is 0.111. The van der Waals surface area contributed by atoms with Gasteiger partial charge in [-0.05, 0) is 37.8 Å². The largest absolute Gasteiger partial charge is 0.369 e. The zero-order chi connectivity index (χ0) is 21.8. The fourth-order valence-electron chi connectivity index (χ4n) is 4.58. The second-order valence-electron chi connectivity index (χ2n) is 8.49. The summed E-state index contributed by atoms with van der Waals surface area (Å²) in [4.78, 5) is 36.1. The number of carbonyl (C=O) groups is 2. The molecule has 8 heteroatoms. The summed E-state index contributed by atoms with van der Waals surface area (Å²) in [6.45, 7) is 1.16. The predicted molar refractivity (Wildman–Crippen MR) is 117 cm³/mol. The first-order valence-electron chi connectivity index (χ1n) is 11.1. The molecule has 1 atom stereocenters. The molecule has 0 spiro atoms. The molecule has 162 valence electrons. The molecule has 2 heterocycles. The van der Waals surface area contributed by atoms with Gasteiger partial charge in [0.25, 0.3) is 0 Å². The highest BCUT2D eigenvalue weighted by molar-refractivity contribution is 5.89. The first-order valence-corrected chi connectivity index (χ1v) is 11.1. The number of hydrogen-bond donors (Lipinski definition) is 2. The number of anilines is 1. The zero-order valence-electron chi connectivity index (χ0n) is 17.6. The molecule has 1 aromatic heterocycles. The van der Waals surface area contributed by atoms with E-state index in [9.17, 15) is 14.9 Å². The molecule has 1 saturated heterocycles. The van der Waals surface area contributed by atoms with Crippen molar-refractivity contribution in [2.24, 2.45) is 11.7 Å². The molecule has 0 radical (unpaired) electrons. The number of piperidine rings is 1. The number of nitrogens with one attached hydrogen (secondary N) is 1. The van der Waals surface area contributed by atoms with Gasteiger partial charge in [-0.3, -0.25) is 9.59 Å². The molecule has 0 unspecified atom stereocenters. The zero-order valence-corrected chi connectivity index (χ0v) is 17.6. The summed E-state index contributed by atoms with van der Waals surface area (Å²) in [6, 6.07) is 9.73. The molecule has 31 heavy (non-hydrogen) atoms. The molecule has 2 amide bonds. The summed E-state index contributed by atoms with van der Waals surface area (Å²) in [5.41, 5.74) is 7.22. The Bertz CT molecular complexity index is 1000. The highest BCUT2D eigenvalue weighted by Gasteiger charge is 2.32. The van der Waals surface area contributed by atoms with E-state index >= 15 is 0 Å². The molecule has 1 saturated carbocycles. The molecule has 3 N–H and O–H groups in total. The quantitative estimate of drug-likeness (QED) is 0.765. The Morgan fingerprint density at radius 1 is 1.06 bits per heavy atom. The third-order valence-electron chi connectivity index (χ3n) is 6.39. The van der Waals surface area contributed by atoms with E-state index in [1.54, 1.807) is 0 Å². The summed E-state index contributed by atoms with van der Waals surface area (Å²) in [7, 11) is 0. The normalized spacial score (nSPS) is 19.0. The van der Waals surface area contributed by atoms with E-state index < -0.39 is 5.92 Å². The van der Waals surface area contributed by atoms with Crippen LogP contribution in [-0.2, 0) is 9.59 Å². The molecular formula is C23H28N6O2. The Morgan fingerprint density at radius 3 is 2.32 bits per heavy atom. The highest BCUT2D eigenvalue weighted by Crippen LogP contribution is 2.31. The van der Waals surface area contributed by atoms with Crippen LogP contribution in [0.25, 0.3) is 11.0 Å². The number of aromatic nitrogens is 2. The number of benzene rings is 1. The Balaban J connectivity index is 1.66. The van der Waals surface area contributed by atoms with E-state index in [0.717, 1.165) is 25.7 Å². The summed E-state index contributed by atoms with van der Waals surface area (Å²) in [5, 5.41) is 13.0. The Morgan fingerprint density at radius 2 is 1.71 bits per heavy atom. The number of amides is 2. The standard InChI is InChI=1S/C23H28N6O2/c24-14-17(23(31)26-16-6-2-1-3-7-16)20-22(28-19-9-5-4-8-18(19)27-20)29-12-10-15(11-13-29)21(25)30/h4-5,8-9,15-17H,1-3,6-7,10-13H2,(H2,25,30)(H,26,31)/t17-/m0/s1. The number of nitrogens with two attached hydrogens (primary N) is 1. The fourth-order valence-corrected chi connectivity index (χ4v) is 4.58. The van der Waals surface area contributed by atoms with Crippen molar-refractivity contribution in [2.45, 2.75) is 56.9 Å². The Labute approximate surface area is 181 Å². The van der Waals surface area contributed by atoms with Crippen molar-refractivity contribution < 1.29 is 9.59 Å².